The smallest absolute Gasteiger partial charge is 0.253 e. The van der Waals surface area contributed by atoms with Crippen molar-refractivity contribution < 1.29 is 19.1 Å². The summed E-state index contributed by atoms with van der Waals surface area (Å²) in [4.78, 5) is 28.9. The largest absolute Gasteiger partial charge is 0.454 e. The summed E-state index contributed by atoms with van der Waals surface area (Å²) in [6, 6.07) is 12.9. The van der Waals surface area contributed by atoms with E-state index in [0.29, 0.717) is 30.9 Å². The van der Waals surface area contributed by atoms with E-state index < -0.39 is 0 Å². The van der Waals surface area contributed by atoms with Gasteiger partial charge in [0.05, 0.1) is 6.54 Å². The van der Waals surface area contributed by atoms with Crippen molar-refractivity contribution in [1.82, 2.24) is 9.80 Å². The Morgan fingerprint density at radius 3 is 2.47 bits per heavy atom. The quantitative estimate of drug-likeness (QED) is 0.685. The summed E-state index contributed by atoms with van der Waals surface area (Å²) < 4.78 is 10.8. The van der Waals surface area contributed by atoms with Gasteiger partial charge in [0, 0.05) is 30.9 Å². The molecule has 2 amide bonds. The molecule has 0 unspecified atom stereocenters. The molecular formula is C23H29N3O4. The van der Waals surface area contributed by atoms with Crippen molar-refractivity contribution in [1.29, 1.82) is 0 Å². The molecule has 1 heterocycles. The molecule has 0 radical (unpaired) electrons. The predicted molar refractivity (Wildman–Crippen MR) is 116 cm³/mol. The third-order valence-electron chi connectivity index (χ3n) is 5.10. The number of ether oxygens (including phenoxy) is 2. The second-order valence-corrected chi connectivity index (χ2v) is 7.10. The van der Waals surface area contributed by atoms with E-state index in [-0.39, 0.29) is 25.2 Å². The van der Waals surface area contributed by atoms with Crippen LogP contribution in [0.25, 0.3) is 0 Å². The van der Waals surface area contributed by atoms with Crippen LogP contribution in [0, 0.1) is 0 Å². The minimum absolute atomic E-state index is 0.0332. The lowest BCUT2D eigenvalue weighted by Gasteiger charge is -2.21. The van der Waals surface area contributed by atoms with Crippen LogP contribution >= 0.6 is 0 Å². The topological polar surface area (TPSA) is 71.1 Å². The first-order chi connectivity index (χ1) is 14.5. The molecule has 0 bridgehead atoms. The number of nitrogens with one attached hydrogen (secondary N) is 1. The van der Waals surface area contributed by atoms with E-state index in [9.17, 15) is 9.59 Å². The van der Waals surface area contributed by atoms with Gasteiger partial charge in [0.15, 0.2) is 11.5 Å². The summed E-state index contributed by atoms with van der Waals surface area (Å²) in [6.07, 6.45) is 0. The zero-order valence-electron chi connectivity index (χ0n) is 17.8. The molecule has 1 aliphatic rings. The van der Waals surface area contributed by atoms with Crippen molar-refractivity contribution in [2.75, 3.05) is 38.3 Å². The van der Waals surface area contributed by atoms with E-state index in [1.54, 1.807) is 29.2 Å². The van der Waals surface area contributed by atoms with Gasteiger partial charge in [0.25, 0.3) is 5.91 Å². The number of carbonyl (C=O) groups excluding carboxylic acids is 2. The summed E-state index contributed by atoms with van der Waals surface area (Å²) in [5.74, 6) is 1.33. The summed E-state index contributed by atoms with van der Waals surface area (Å²) in [5.41, 5.74) is 2.25. The summed E-state index contributed by atoms with van der Waals surface area (Å²) in [7, 11) is 0. The molecule has 0 saturated carbocycles. The van der Waals surface area contributed by atoms with Crippen LogP contribution in [-0.4, -0.2) is 54.6 Å². The van der Waals surface area contributed by atoms with E-state index >= 15 is 0 Å². The van der Waals surface area contributed by atoms with Gasteiger partial charge in [-0.15, -0.1) is 0 Å². The standard InChI is InChI=1S/C23H29N3O4/c1-4-25(14-17-10-11-20-21(12-17)30-16-29-20)15-22(27)24-19-9-7-8-18(13-19)23(28)26(5-2)6-3/h7-13H,4-6,14-16H2,1-3H3,(H,24,27). The molecule has 0 aliphatic carbocycles. The fraction of sp³-hybridized carbons (Fsp3) is 0.391. The first-order valence-corrected chi connectivity index (χ1v) is 10.3. The number of nitrogens with zero attached hydrogens (tertiary/aromatic N) is 2. The van der Waals surface area contributed by atoms with Crippen molar-refractivity contribution in [2.45, 2.75) is 27.3 Å². The van der Waals surface area contributed by atoms with Gasteiger partial charge in [0.2, 0.25) is 12.7 Å². The number of anilines is 1. The normalized spacial score (nSPS) is 12.1. The van der Waals surface area contributed by atoms with Crippen LogP contribution < -0.4 is 14.8 Å². The highest BCUT2D eigenvalue weighted by Crippen LogP contribution is 2.32. The van der Waals surface area contributed by atoms with E-state index in [1.807, 2.05) is 43.9 Å². The molecule has 2 aromatic carbocycles. The van der Waals surface area contributed by atoms with Gasteiger partial charge in [-0.1, -0.05) is 19.1 Å². The van der Waals surface area contributed by atoms with Crippen LogP contribution in [0.15, 0.2) is 42.5 Å². The average molecular weight is 412 g/mol. The highest BCUT2D eigenvalue weighted by molar-refractivity contribution is 5.97. The molecular weight excluding hydrogens is 382 g/mol. The molecule has 0 spiro atoms. The minimum Gasteiger partial charge on any atom is -0.454 e. The van der Waals surface area contributed by atoms with Crippen molar-refractivity contribution in [3.8, 4) is 11.5 Å². The molecule has 0 aromatic heterocycles. The van der Waals surface area contributed by atoms with Crippen LogP contribution in [0.2, 0.25) is 0 Å². The summed E-state index contributed by atoms with van der Waals surface area (Å²) >= 11 is 0. The Morgan fingerprint density at radius 1 is 0.967 bits per heavy atom. The highest BCUT2D eigenvalue weighted by atomic mass is 16.7. The number of rotatable bonds is 9. The lowest BCUT2D eigenvalue weighted by molar-refractivity contribution is -0.117. The maximum absolute atomic E-state index is 12.6. The van der Waals surface area contributed by atoms with Gasteiger partial charge >= 0.3 is 0 Å². The molecule has 30 heavy (non-hydrogen) atoms. The lowest BCUT2D eigenvalue weighted by Crippen LogP contribution is -2.33. The molecule has 160 valence electrons. The molecule has 0 atom stereocenters. The minimum atomic E-state index is -0.120. The van der Waals surface area contributed by atoms with Gasteiger partial charge in [-0.05, 0) is 56.3 Å². The van der Waals surface area contributed by atoms with E-state index in [2.05, 4.69) is 5.32 Å². The maximum atomic E-state index is 12.6. The van der Waals surface area contributed by atoms with E-state index in [0.717, 1.165) is 23.6 Å². The Labute approximate surface area is 177 Å². The number of benzene rings is 2. The molecule has 7 nitrogen and oxygen atoms in total. The molecule has 1 aliphatic heterocycles. The summed E-state index contributed by atoms with van der Waals surface area (Å²) in [6.45, 7) is 9.06. The molecule has 0 fully saturated rings. The van der Waals surface area contributed by atoms with Gasteiger partial charge in [-0.3, -0.25) is 14.5 Å². The molecule has 1 N–H and O–H groups in total. The molecule has 7 heteroatoms. The SMILES string of the molecule is CCN(CC(=O)Nc1cccc(C(=O)N(CC)CC)c1)Cc1ccc2c(c1)OCO2. The van der Waals surface area contributed by atoms with Gasteiger partial charge < -0.3 is 19.7 Å². The molecule has 0 saturated heterocycles. The monoisotopic (exact) mass is 411 g/mol. The zero-order valence-corrected chi connectivity index (χ0v) is 17.8. The Morgan fingerprint density at radius 2 is 1.73 bits per heavy atom. The Bertz CT molecular complexity index is 896. The number of likely N-dealkylation sites (N-methyl/N-ethyl adjacent to an activating group) is 1. The average Bonchev–Trinajstić information content (AvgIpc) is 3.22. The van der Waals surface area contributed by atoms with Crippen LogP contribution in [-0.2, 0) is 11.3 Å². The van der Waals surface area contributed by atoms with Crippen LogP contribution in [0.5, 0.6) is 11.5 Å². The van der Waals surface area contributed by atoms with Gasteiger partial charge in [0.1, 0.15) is 0 Å². The highest BCUT2D eigenvalue weighted by Gasteiger charge is 2.16. The van der Waals surface area contributed by atoms with Crippen molar-refractivity contribution in [3.05, 3.63) is 53.6 Å². The Balaban J connectivity index is 1.60. The molecule has 2 aromatic rings. The fourth-order valence-electron chi connectivity index (χ4n) is 3.40. The number of fused-ring (bicyclic) bond motifs is 1. The second-order valence-electron chi connectivity index (χ2n) is 7.10. The van der Waals surface area contributed by atoms with Crippen LogP contribution in [0.3, 0.4) is 0 Å². The molecule has 3 rings (SSSR count). The summed E-state index contributed by atoms with van der Waals surface area (Å²) in [5, 5.41) is 2.91. The Kier molecular flexibility index (Phi) is 7.30. The van der Waals surface area contributed by atoms with Crippen molar-refractivity contribution in [3.63, 3.8) is 0 Å². The van der Waals surface area contributed by atoms with Gasteiger partial charge in [-0.2, -0.15) is 0 Å². The number of hydrogen-bond donors (Lipinski definition) is 1. The van der Waals surface area contributed by atoms with E-state index in [4.69, 9.17) is 9.47 Å². The Hall–Kier alpha value is -3.06. The van der Waals surface area contributed by atoms with Crippen LogP contribution in [0.4, 0.5) is 5.69 Å². The fourth-order valence-corrected chi connectivity index (χ4v) is 3.40. The maximum Gasteiger partial charge on any atom is 0.253 e. The van der Waals surface area contributed by atoms with E-state index in [1.165, 1.54) is 0 Å². The number of amides is 2. The number of carbonyl (C=O) groups is 2. The number of hydrogen-bond acceptors (Lipinski definition) is 5. The van der Waals surface area contributed by atoms with Gasteiger partial charge in [-0.25, -0.2) is 0 Å². The third-order valence-corrected chi connectivity index (χ3v) is 5.10. The third kappa shape index (κ3) is 5.30. The first kappa shape index (κ1) is 21.6. The zero-order chi connectivity index (χ0) is 21.5. The first-order valence-electron chi connectivity index (χ1n) is 10.3. The van der Waals surface area contributed by atoms with Crippen molar-refractivity contribution in [2.24, 2.45) is 0 Å². The predicted octanol–water partition coefficient (Wildman–Crippen LogP) is 3.36. The lowest BCUT2D eigenvalue weighted by atomic mass is 10.1. The second kappa shape index (κ2) is 10.1. The van der Waals surface area contributed by atoms with Crippen LogP contribution in [0.1, 0.15) is 36.7 Å². The van der Waals surface area contributed by atoms with Crippen molar-refractivity contribution >= 4 is 17.5 Å².